The van der Waals surface area contributed by atoms with E-state index < -0.39 is 6.23 Å². The summed E-state index contributed by atoms with van der Waals surface area (Å²) in [4.78, 5) is 13.7. The number of aliphatic hydroxyl groups is 1. The van der Waals surface area contributed by atoms with Gasteiger partial charge < -0.3 is 25.2 Å². The fraction of sp³-hybridized carbons (Fsp3) is 0.615. The molecule has 3 heterocycles. The summed E-state index contributed by atoms with van der Waals surface area (Å²) in [5, 5.41) is 24.9. The lowest BCUT2D eigenvalue weighted by Gasteiger charge is -2.41. The van der Waals surface area contributed by atoms with E-state index in [-0.39, 0.29) is 11.7 Å². The lowest BCUT2D eigenvalue weighted by Crippen LogP contribution is -2.53. The molecule has 8 heteroatoms. The van der Waals surface area contributed by atoms with Crippen molar-refractivity contribution in [1.82, 2.24) is 20.2 Å². The highest BCUT2D eigenvalue weighted by molar-refractivity contribution is 5.52. The van der Waals surface area contributed by atoms with E-state index >= 15 is 0 Å². The summed E-state index contributed by atoms with van der Waals surface area (Å²) in [5.74, 6) is 1.75. The van der Waals surface area contributed by atoms with Crippen molar-refractivity contribution in [2.45, 2.75) is 56.7 Å². The number of aromatic nitrogens is 2. The standard InChI is InChI=1S/C26H37N5O3/c1-18-2-7-23-24(18)25(29-17-28-23)30-10-12-31(13-11-30)26(33)22(19-3-5-21(32)6-4-19)16-27-20-8-14-34-15-9-20/h3-6,17-18,20,22,26-27,32-33H,2,7-16H2,1H3. The Bertz CT molecular complexity index is 942. The number of anilines is 1. The van der Waals surface area contributed by atoms with Crippen LogP contribution in [0.15, 0.2) is 30.6 Å². The number of aryl methyl sites for hydroxylation is 1. The number of benzene rings is 1. The molecule has 2 aliphatic heterocycles. The minimum Gasteiger partial charge on any atom is -0.508 e. The molecule has 2 aromatic rings. The lowest BCUT2D eigenvalue weighted by molar-refractivity contribution is -0.0213. The van der Waals surface area contributed by atoms with Gasteiger partial charge in [0, 0.05) is 69.2 Å². The molecule has 0 saturated carbocycles. The molecule has 1 aromatic heterocycles. The monoisotopic (exact) mass is 467 g/mol. The molecule has 8 nitrogen and oxygen atoms in total. The van der Waals surface area contributed by atoms with Gasteiger partial charge in [-0.25, -0.2) is 9.97 Å². The number of nitrogens with zero attached hydrogens (tertiary/aromatic N) is 4. The maximum absolute atomic E-state index is 11.5. The van der Waals surface area contributed by atoms with Crippen molar-refractivity contribution in [3.8, 4) is 5.75 Å². The largest absolute Gasteiger partial charge is 0.508 e. The average molecular weight is 468 g/mol. The van der Waals surface area contributed by atoms with E-state index in [4.69, 9.17) is 4.74 Å². The number of phenols is 1. The van der Waals surface area contributed by atoms with Crippen molar-refractivity contribution >= 4 is 5.82 Å². The highest BCUT2D eigenvalue weighted by Crippen LogP contribution is 2.37. The first-order valence-corrected chi connectivity index (χ1v) is 12.7. The fourth-order valence-electron chi connectivity index (χ4n) is 5.64. The van der Waals surface area contributed by atoms with E-state index in [0.717, 1.165) is 76.5 Å². The van der Waals surface area contributed by atoms with Gasteiger partial charge >= 0.3 is 0 Å². The van der Waals surface area contributed by atoms with Crippen LogP contribution in [0, 0.1) is 0 Å². The van der Waals surface area contributed by atoms with Crippen LogP contribution in [0.2, 0.25) is 0 Å². The zero-order chi connectivity index (χ0) is 23.5. The van der Waals surface area contributed by atoms with Gasteiger partial charge in [-0.3, -0.25) is 4.90 Å². The predicted molar refractivity (Wildman–Crippen MR) is 131 cm³/mol. The van der Waals surface area contributed by atoms with Crippen LogP contribution in [0.4, 0.5) is 5.82 Å². The maximum atomic E-state index is 11.5. The molecular weight excluding hydrogens is 430 g/mol. The summed E-state index contributed by atoms with van der Waals surface area (Å²) in [6.45, 7) is 7.77. The van der Waals surface area contributed by atoms with Crippen LogP contribution in [0.25, 0.3) is 0 Å². The Hall–Kier alpha value is -2.26. The van der Waals surface area contributed by atoms with Crippen LogP contribution < -0.4 is 10.2 Å². The van der Waals surface area contributed by atoms with Gasteiger partial charge in [-0.15, -0.1) is 0 Å². The molecule has 2 fully saturated rings. The van der Waals surface area contributed by atoms with Crippen LogP contribution in [0.5, 0.6) is 5.75 Å². The molecule has 0 radical (unpaired) electrons. The minimum atomic E-state index is -0.603. The quantitative estimate of drug-likeness (QED) is 0.571. The second-order valence-corrected chi connectivity index (χ2v) is 9.93. The number of ether oxygens (including phenoxy) is 1. The van der Waals surface area contributed by atoms with Crippen molar-refractivity contribution < 1.29 is 14.9 Å². The molecular formula is C26H37N5O3. The number of rotatable bonds is 7. The SMILES string of the molecule is CC1CCc2ncnc(N3CCN(C(O)C(CNC4CCOCC4)c4ccc(O)cc4)CC3)c21. The molecule has 1 aromatic carbocycles. The molecule has 0 spiro atoms. The van der Waals surface area contributed by atoms with Gasteiger partial charge in [-0.1, -0.05) is 19.1 Å². The summed E-state index contributed by atoms with van der Waals surface area (Å²) in [7, 11) is 0. The van der Waals surface area contributed by atoms with Crippen molar-refractivity contribution in [3.05, 3.63) is 47.4 Å². The van der Waals surface area contributed by atoms with Gasteiger partial charge in [0.2, 0.25) is 0 Å². The molecule has 0 bridgehead atoms. The lowest BCUT2D eigenvalue weighted by atomic mass is 9.95. The number of piperazine rings is 1. The average Bonchev–Trinajstić information content (AvgIpc) is 3.27. The molecule has 0 amide bonds. The Morgan fingerprint density at radius 1 is 1.06 bits per heavy atom. The van der Waals surface area contributed by atoms with E-state index in [1.807, 2.05) is 12.1 Å². The summed E-state index contributed by atoms with van der Waals surface area (Å²) < 4.78 is 5.49. The third kappa shape index (κ3) is 5.05. The molecule has 184 valence electrons. The summed E-state index contributed by atoms with van der Waals surface area (Å²) >= 11 is 0. The third-order valence-electron chi connectivity index (χ3n) is 7.77. The van der Waals surface area contributed by atoms with E-state index in [9.17, 15) is 10.2 Å². The number of hydrogen-bond acceptors (Lipinski definition) is 8. The number of aromatic hydroxyl groups is 1. The van der Waals surface area contributed by atoms with Crippen LogP contribution in [0.3, 0.4) is 0 Å². The van der Waals surface area contributed by atoms with E-state index in [1.165, 1.54) is 11.3 Å². The van der Waals surface area contributed by atoms with E-state index in [1.54, 1.807) is 18.5 Å². The summed E-state index contributed by atoms with van der Waals surface area (Å²) in [6.07, 6.45) is 5.29. The van der Waals surface area contributed by atoms with E-state index in [2.05, 4.69) is 32.0 Å². The predicted octanol–water partition coefficient (Wildman–Crippen LogP) is 2.22. The zero-order valence-electron chi connectivity index (χ0n) is 20.1. The number of aliphatic hydroxyl groups excluding tert-OH is 1. The number of nitrogens with one attached hydrogen (secondary N) is 1. The second kappa shape index (κ2) is 10.6. The van der Waals surface area contributed by atoms with Crippen LogP contribution in [0.1, 0.15) is 54.8 Å². The Balaban J connectivity index is 1.26. The Morgan fingerprint density at radius 3 is 2.53 bits per heavy atom. The molecule has 5 rings (SSSR count). The Labute approximate surface area is 202 Å². The van der Waals surface area contributed by atoms with Gasteiger partial charge in [-0.05, 0) is 49.3 Å². The van der Waals surface area contributed by atoms with Crippen molar-refractivity contribution in [2.24, 2.45) is 0 Å². The molecule has 3 unspecified atom stereocenters. The topological polar surface area (TPSA) is 94.0 Å². The summed E-state index contributed by atoms with van der Waals surface area (Å²) in [6, 6.07) is 7.68. The number of fused-ring (bicyclic) bond motifs is 1. The molecule has 1 aliphatic carbocycles. The first kappa shape index (κ1) is 23.5. The van der Waals surface area contributed by atoms with Crippen LogP contribution in [-0.4, -0.2) is 83.3 Å². The summed E-state index contributed by atoms with van der Waals surface area (Å²) in [5.41, 5.74) is 3.56. The molecule has 3 atom stereocenters. The van der Waals surface area contributed by atoms with Crippen LogP contribution in [-0.2, 0) is 11.2 Å². The van der Waals surface area contributed by atoms with Gasteiger partial charge in [0.15, 0.2) is 0 Å². The molecule has 2 saturated heterocycles. The Kier molecular flexibility index (Phi) is 7.29. The third-order valence-corrected chi connectivity index (χ3v) is 7.77. The normalized spacial score (nSPS) is 23.6. The van der Waals surface area contributed by atoms with Gasteiger partial charge in [0.05, 0.1) is 0 Å². The molecule has 3 N–H and O–H groups in total. The first-order chi connectivity index (χ1) is 16.6. The second-order valence-electron chi connectivity index (χ2n) is 9.93. The van der Waals surface area contributed by atoms with E-state index in [0.29, 0.717) is 18.5 Å². The van der Waals surface area contributed by atoms with Crippen molar-refractivity contribution in [3.63, 3.8) is 0 Å². The van der Waals surface area contributed by atoms with Gasteiger partial charge in [-0.2, -0.15) is 0 Å². The fourth-order valence-corrected chi connectivity index (χ4v) is 5.64. The molecule has 3 aliphatic rings. The van der Waals surface area contributed by atoms with Gasteiger partial charge in [0.25, 0.3) is 0 Å². The maximum Gasteiger partial charge on any atom is 0.135 e. The smallest absolute Gasteiger partial charge is 0.135 e. The molecule has 34 heavy (non-hydrogen) atoms. The van der Waals surface area contributed by atoms with Crippen molar-refractivity contribution in [2.75, 3.05) is 50.8 Å². The zero-order valence-corrected chi connectivity index (χ0v) is 20.1. The number of hydrogen-bond donors (Lipinski definition) is 3. The Morgan fingerprint density at radius 2 is 1.79 bits per heavy atom. The number of phenolic OH excluding ortho intramolecular Hbond substituents is 1. The minimum absolute atomic E-state index is 0.0849. The van der Waals surface area contributed by atoms with Crippen LogP contribution >= 0.6 is 0 Å². The highest BCUT2D eigenvalue weighted by atomic mass is 16.5. The highest BCUT2D eigenvalue weighted by Gasteiger charge is 2.33. The van der Waals surface area contributed by atoms with Crippen molar-refractivity contribution in [1.29, 1.82) is 0 Å². The first-order valence-electron chi connectivity index (χ1n) is 12.7. The van der Waals surface area contributed by atoms with Gasteiger partial charge in [0.1, 0.15) is 24.1 Å².